The molecule has 20 heavy (non-hydrogen) atoms. The van der Waals surface area contributed by atoms with Gasteiger partial charge in [0.05, 0.1) is 12.6 Å². The maximum absolute atomic E-state index is 14.3. The highest BCUT2D eigenvalue weighted by Crippen LogP contribution is 2.34. The maximum Gasteiger partial charge on any atom is 0.313 e. The second kappa shape index (κ2) is 5.28. The molecule has 1 aromatic carbocycles. The summed E-state index contributed by atoms with van der Waals surface area (Å²) in [7, 11) is 0. The van der Waals surface area contributed by atoms with Gasteiger partial charge in [-0.1, -0.05) is 30.3 Å². The third-order valence-corrected chi connectivity index (χ3v) is 3.82. The fourth-order valence-electron chi connectivity index (χ4n) is 2.64. The Hall–Kier alpha value is -1.82. The number of ether oxygens (including phenoxy) is 1. The van der Waals surface area contributed by atoms with Crippen LogP contribution in [0.2, 0.25) is 0 Å². The highest BCUT2D eigenvalue weighted by atomic mass is 19.1. The molecule has 1 aromatic rings. The molecule has 3 rings (SSSR count). The van der Waals surface area contributed by atoms with Crippen molar-refractivity contribution in [1.82, 2.24) is 0 Å². The van der Waals surface area contributed by atoms with E-state index in [1.165, 1.54) is 0 Å². The molecule has 6 heteroatoms. The molecule has 0 aromatic heterocycles. The number of aliphatic hydroxyl groups excluding tert-OH is 1. The Balaban J connectivity index is 1.72. The molecule has 0 bridgehead atoms. The number of fused-ring (bicyclic) bond motifs is 1. The first-order chi connectivity index (χ1) is 9.66. The molecular weight excluding hydrogens is 263 g/mol. The third kappa shape index (κ3) is 2.31. The number of hydrogen-bond donors (Lipinski definition) is 1. The predicted molar refractivity (Wildman–Crippen MR) is 67.8 cm³/mol. The zero-order valence-electron chi connectivity index (χ0n) is 10.7. The maximum atomic E-state index is 14.3. The summed E-state index contributed by atoms with van der Waals surface area (Å²) < 4.78 is 19.4. The number of cyclic esters (lactones) is 1. The van der Waals surface area contributed by atoms with E-state index in [0.717, 1.165) is 0 Å². The molecule has 0 aliphatic carbocycles. The molecule has 1 N–H and O–H groups in total. The number of alkyl halides is 1. The van der Waals surface area contributed by atoms with Gasteiger partial charge in [-0.2, -0.15) is 10.2 Å². The van der Waals surface area contributed by atoms with Crippen LogP contribution in [0.1, 0.15) is 18.2 Å². The number of azo groups is 1. The minimum atomic E-state index is -1.59. The minimum absolute atomic E-state index is 0.293. The van der Waals surface area contributed by atoms with Crippen molar-refractivity contribution in [3.8, 4) is 0 Å². The second-order valence-corrected chi connectivity index (χ2v) is 5.13. The summed E-state index contributed by atoms with van der Waals surface area (Å²) in [6, 6.07) is 8.06. The number of aliphatic hydroxyl groups is 1. The van der Waals surface area contributed by atoms with Gasteiger partial charge in [0.25, 0.3) is 0 Å². The number of nitrogens with zero attached hydrogens (tertiary/aromatic N) is 2. The highest BCUT2D eigenvalue weighted by Gasteiger charge is 2.45. The highest BCUT2D eigenvalue weighted by molar-refractivity contribution is 5.75. The summed E-state index contributed by atoms with van der Waals surface area (Å²) >= 11 is 0. The van der Waals surface area contributed by atoms with Crippen LogP contribution in [0.5, 0.6) is 0 Å². The molecule has 5 nitrogen and oxygen atoms in total. The molecule has 0 radical (unpaired) electrons. The number of halogens is 1. The molecular formula is C14H15FN2O3. The van der Waals surface area contributed by atoms with E-state index in [1.807, 2.05) is 0 Å². The van der Waals surface area contributed by atoms with E-state index in [9.17, 15) is 14.3 Å². The van der Waals surface area contributed by atoms with Crippen molar-refractivity contribution < 1.29 is 19.0 Å². The molecule has 5 atom stereocenters. The SMILES string of the molecule is O=C1O[C@@H]([C@@H](O)[C@H](F)c2ccccc2)CC2N=NCC12. The van der Waals surface area contributed by atoms with Gasteiger partial charge in [0.2, 0.25) is 0 Å². The molecule has 0 amide bonds. The Labute approximate surface area is 115 Å². The lowest BCUT2D eigenvalue weighted by Crippen LogP contribution is -2.46. The van der Waals surface area contributed by atoms with Crippen LogP contribution in [-0.4, -0.2) is 35.9 Å². The van der Waals surface area contributed by atoms with Crippen molar-refractivity contribution in [1.29, 1.82) is 0 Å². The Morgan fingerprint density at radius 3 is 2.85 bits per heavy atom. The van der Waals surface area contributed by atoms with Gasteiger partial charge in [-0.05, 0) is 5.56 Å². The van der Waals surface area contributed by atoms with Gasteiger partial charge in [0, 0.05) is 6.42 Å². The van der Waals surface area contributed by atoms with Gasteiger partial charge in [-0.3, -0.25) is 4.79 Å². The van der Waals surface area contributed by atoms with E-state index in [1.54, 1.807) is 30.3 Å². The molecule has 0 saturated carbocycles. The summed E-state index contributed by atoms with van der Waals surface area (Å²) in [6.07, 6.45) is -3.55. The summed E-state index contributed by atoms with van der Waals surface area (Å²) in [5.74, 6) is -0.816. The van der Waals surface area contributed by atoms with E-state index in [0.29, 0.717) is 18.5 Å². The number of rotatable bonds is 3. The van der Waals surface area contributed by atoms with Gasteiger partial charge in [0.15, 0.2) is 6.17 Å². The van der Waals surface area contributed by atoms with Crippen LogP contribution in [0.15, 0.2) is 40.6 Å². The number of carbonyl (C=O) groups excluding carboxylic acids is 1. The quantitative estimate of drug-likeness (QED) is 0.857. The molecule has 1 fully saturated rings. The third-order valence-electron chi connectivity index (χ3n) is 3.82. The molecule has 1 saturated heterocycles. The molecule has 2 unspecified atom stereocenters. The fourth-order valence-corrected chi connectivity index (χ4v) is 2.64. The molecule has 2 aliphatic heterocycles. The van der Waals surface area contributed by atoms with Crippen LogP contribution in [-0.2, 0) is 9.53 Å². The first-order valence-corrected chi connectivity index (χ1v) is 6.61. The van der Waals surface area contributed by atoms with Gasteiger partial charge in [-0.15, -0.1) is 0 Å². The van der Waals surface area contributed by atoms with E-state index in [4.69, 9.17) is 4.74 Å². The Morgan fingerprint density at radius 1 is 1.35 bits per heavy atom. The number of benzene rings is 1. The molecule has 2 heterocycles. The van der Waals surface area contributed by atoms with Crippen LogP contribution in [0.25, 0.3) is 0 Å². The smallest absolute Gasteiger partial charge is 0.313 e. The first kappa shape index (κ1) is 13.2. The zero-order chi connectivity index (χ0) is 14.1. The average molecular weight is 278 g/mol. The number of carbonyl (C=O) groups is 1. The van der Waals surface area contributed by atoms with Crippen molar-refractivity contribution >= 4 is 5.97 Å². The Morgan fingerprint density at radius 2 is 2.10 bits per heavy atom. The van der Waals surface area contributed by atoms with Crippen LogP contribution in [0.3, 0.4) is 0 Å². The van der Waals surface area contributed by atoms with E-state index >= 15 is 0 Å². The van der Waals surface area contributed by atoms with Crippen LogP contribution in [0, 0.1) is 5.92 Å². The van der Waals surface area contributed by atoms with E-state index in [-0.39, 0.29) is 12.0 Å². The van der Waals surface area contributed by atoms with Crippen LogP contribution in [0.4, 0.5) is 4.39 Å². The Bertz CT molecular complexity index is 522. The van der Waals surface area contributed by atoms with Crippen molar-refractivity contribution in [3.05, 3.63) is 35.9 Å². The van der Waals surface area contributed by atoms with E-state index in [2.05, 4.69) is 10.2 Å². The minimum Gasteiger partial charge on any atom is -0.459 e. The lowest BCUT2D eigenvalue weighted by atomic mass is 9.89. The monoisotopic (exact) mass is 278 g/mol. The summed E-state index contributed by atoms with van der Waals surface area (Å²) in [6.45, 7) is 0.323. The Kier molecular flexibility index (Phi) is 3.48. The van der Waals surface area contributed by atoms with Crippen LogP contribution < -0.4 is 0 Å². The normalized spacial score (nSPS) is 31.5. The average Bonchev–Trinajstić information content (AvgIpc) is 2.95. The van der Waals surface area contributed by atoms with Gasteiger partial charge < -0.3 is 9.84 Å². The first-order valence-electron chi connectivity index (χ1n) is 6.61. The summed E-state index contributed by atoms with van der Waals surface area (Å²) in [5, 5.41) is 17.9. The van der Waals surface area contributed by atoms with Gasteiger partial charge in [-0.25, -0.2) is 4.39 Å². The topological polar surface area (TPSA) is 71.2 Å². The molecule has 0 spiro atoms. The predicted octanol–water partition coefficient (Wildman–Crippen LogP) is 1.82. The van der Waals surface area contributed by atoms with Gasteiger partial charge in [0.1, 0.15) is 18.1 Å². The summed E-state index contributed by atoms with van der Waals surface area (Å²) in [4.78, 5) is 11.8. The van der Waals surface area contributed by atoms with Gasteiger partial charge >= 0.3 is 5.97 Å². The largest absolute Gasteiger partial charge is 0.459 e. The van der Waals surface area contributed by atoms with Crippen LogP contribution >= 0.6 is 0 Å². The number of hydrogen-bond acceptors (Lipinski definition) is 5. The zero-order valence-corrected chi connectivity index (χ0v) is 10.7. The lowest BCUT2D eigenvalue weighted by Gasteiger charge is -2.33. The van der Waals surface area contributed by atoms with Crippen molar-refractivity contribution in [2.75, 3.05) is 6.54 Å². The van der Waals surface area contributed by atoms with E-state index < -0.39 is 24.3 Å². The van der Waals surface area contributed by atoms with Crippen molar-refractivity contribution in [3.63, 3.8) is 0 Å². The second-order valence-electron chi connectivity index (χ2n) is 5.13. The van der Waals surface area contributed by atoms with Crippen molar-refractivity contribution in [2.24, 2.45) is 16.1 Å². The fraction of sp³-hybridized carbons (Fsp3) is 0.500. The molecule has 2 aliphatic rings. The van der Waals surface area contributed by atoms with Crippen molar-refractivity contribution in [2.45, 2.75) is 30.8 Å². The lowest BCUT2D eigenvalue weighted by molar-refractivity contribution is -0.171. The summed E-state index contributed by atoms with van der Waals surface area (Å²) in [5.41, 5.74) is 0.367. The number of esters is 1. The molecule has 106 valence electrons. The standard InChI is InChI=1S/C14H15FN2O3/c15-12(8-4-2-1-3-5-8)13(18)11-6-10-9(7-16-17-10)14(19)20-11/h1-5,9-13,18H,6-7H2/t9?,10?,11-,12-,13-/m1/s1.